The van der Waals surface area contributed by atoms with Crippen molar-refractivity contribution in [1.82, 2.24) is 0 Å². The summed E-state index contributed by atoms with van der Waals surface area (Å²) in [6, 6.07) is 4.24. The highest BCUT2D eigenvalue weighted by Gasteiger charge is 2.06. The SMILES string of the molecule is COCC(=O)c1cc(C)cc(F)c1. The van der Waals surface area contributed by atoms with Gasteiger partial charge in [-0.05, 0) is 30.7 Å². The molecule has 0 aliphatic heterocycles. The summed E-state index contributed by atoms with van der Waals surface area (Å²) in [6.45, 7) is 1.73. The lowest BCUT2D eigenvalue weighted by atomic mass is 10.1. The van der Waals surface area contributed by atoms with Crippen LogP contribution < -0.4 is 0 Å². The van der Waals surface area contributed by atoms with Crippen LogP contribution in [0.2, 0.25) is 0 Å². The maximum atomic E-state index is 12.8. The summed E-state index contributed by atoms with van der Waals surface area (Å²) in [5.41, 5.74) is 1.10. The minimum absolute atomic E-state index is 0.0110. The molecule has 0 atom stereocenters. The summed E-state index contributed by atoms with van der Waals surface area (Å²) in [5, 5.41) is 0. The van der Waals surface area contributed by atoms with Gasteiger partial charge in [-0.25, -0.2) is 4.39 Å². The minimum atomic E-state index is -0.389. The lowest BCUT2D eigenvalue weighted by Gasteiger charge is -2.01. The Labute approximate surface area is 76.3 Å². The van der Waals surface area contributed by atoms with Crippen molar-refractivity contribution in [2.75, 3.05) is 13.7 Å². The van der Waals surface area contributed by atoms with Crippen LogP contribution in [0, 0.1) is 12.7 Å². The molecule has 3 heteroatoms. The molecule has 0 aliphatic rings. The molecule has 0 saturated carbocycles. The van der Waals surface area contributed by atoms with Crippen LogP contribution in [0.25, 0.3) is 0 Å². The fraction of sp³-hybridized carbons (Fsp3) is 0.300. The molecule has 0 fully saturated rings. The molecule has 1 rings (SSSR count). The van der Waals surface area contributed by atoms with Crippen LogP contribution in [-0.2, 0) is 4.74 Å². The summed E-state index contributed by atoms with van der Waals surface area (Å²) < 4.78 is 17.5. The predicted octanol–water partition coefficient (Wildman–Crippen LogP) is 1.96. The van der Waals surface area contributed by atoms with Gasteiger partial charge in [-0.1, -0.05) is 0 Å². The molecule has 0 unspecified atom stereocenters. The second kappa shape index (κ2) is 4.14. The Morgan fingerprint density at radius 2 is 2.15 bits per heavy atom. The lowest BCUT2D eigenvalue weighted by molar-refractivity contribution is 0.0847. The van der Waals surface area contributed by atoms with E-state index in [1.807, 2.05) is 0 Å². The van der Waals surface area contributed by atoms with Crippen molar-refractivity contribution in [2.24, 2.45) is 0 Å². The van der Waals surface area contributed by atoms with Crippen LogP contribution in [0.5, 0.6) is 0 Å². The molecule has 1 aromatic carbocycles. The van der Waals surface area contributed by atoms with E-state index in [4.69, 9.17) is 0 Å². The normalized spacial score (nSPS) is 10.1. The van der Waals surface area contributed by atoms with Crippen molar-refractivity contribution in [1.29, 1.82) is 0 Å². The van der Waals surface area contributed by atoms with E-state index in [-0.39, 0.29) is 18.2 Å². The van der Waals surface area contributed by atoms with Gasteiger partial charge in [0.1, 0.15) is 12.4 Å². The Kier molecular flexibility index (Phi) is 3.14. The third kappa shape index (κ3) is 2.63. The average Bonchev–Trinajstić information content (AvgIpc) is 2.03. The zero-order chi connectivity index (χ0) is 9.84. The molecule has 0 aromatic heterocycles. The number of carbonyl (C=O) groups is 1. The van der Waals surface area contributed by atoms with Gasteiger partial charge in [0.2, 0.25) is 0 Å². The van der Waals surface area contributed by atoms with Gasteiger partial charge in [0, 0.05) is 12.7 Å². The first-order chi connectivity index (χ1) is 6.13. The first-order valence-electron chi connectivity index (χ1n) is 3.93. The number of hydrogen-bond acceptors (Lipinski definition) is 2. The third-order valence-electron chi connectivity index (χ3n) is 1.64. The summed E-state index contributed by atoms with van der Waals surface area (Å²) in [6.07, 6.45) is 0. The van der Waals surface area contributed by atoms with E-state index < -0.39 is 0 Å². The van der Waals surface area contributed by atoms with Crippen molar-refractivity contribution < 1.29 is 13.9 Å². The smallest absolute Gasteiger partial charge is 0.188 e. The van der Waals surface area contributed by atoms with Gasteiger partial charge in [-0.3, -0.25) is 4.79 Å². The monoisotopic (exact) mass is 182 g/mol. The zero-order valence-electron chi connectivity index (χ0n) is 7.63. The standard InChI is InChI=1S/C10H11FO2/c1-7-3-8(5-9(11)4-7)10(12)6-13-2/h3-5H,6H2,1-2H3. The molecule has 70 valence electrons. The number of methoxy groups -OCH3 is 1. The first-order valence-corrected chi connectivity index (χ1v) is 3.93. The molecule has 0 N–H and O–H groups in total. The number of carbonyl (C=O) groups excluding carboxylic acids is 1. The average molecular weight is 182 g/mol. The highest BCUT2D eigenvalue weighted by Crippen LogP contribution is 2.08. The van der Waals surface area contributed by atoms with Crippen LogP contribution in [0.15, 0.2) is 18.2 Å². The number of aryl methyl sites for hydroxylation is 1. The Morgan fingerprint density at radius 3 is 2.69 bits per heavy atom. The fourth-order valence-electron chi connectivity index (χ4n) is 1.11. The van der Waals surface area contributed by atoms with Crippen molar-refractivity contribution in [3.8, 4) is 0 Å². The Hall–Kier alpha value is -1.22. The second-order valence-electron chi connectivity index (χ2n) is 2.87. The van der Waals surface area contributed by atoms with Gasteiger partial charge in [0.25, 0.3) is 0 Å². The maximum Gasteiger partial charge on any atom is 0.188 e. The fourth-order valence-corrected chi connectivity index (χ4v) is 1.11. The Balaban J connectivity index is 2.94. The number of rotatable bonds is 3. The number of Topliss-reactive ketones (excluding diaryl/α,β-unsaturated/α-hetero) is 1. The minimum Gasteiger partial charge on any atom is -0.377 e. The van der Waals surface area contributed by atoms with E-state index in [2.05, 4.69) is 4.74 Å². The number of hydrogen-bond donors (Lipinski definition) is 0. The molecule has 2 nitrogen and oxygen atoms in total. The number of benzene rings is 1. The van der Waals surface area contributed by atoms with E-state index in [0.29, 0.717) is 5.56 Å². The van der Waals surface area contributed by atoms with Crippen molar-refractivity contribution in [2.45, 2.75) is 6.92 Å². The molecule has 0 heterocycles. The van der Waals surface area contributed by atoms with Crippen LogP contribution in [0.1, 0.15) is 15.9 Å². The molecule has 0 bridgehead atoms. The van der Waals surface area contributed by atoms with E-state index in [1.54, 1.807) is 13.0 Å². The van der Waals surface area contributed by atoms with Gasteiger partial charge < -0.3 is 4.74 Å². The Bertz CT molecular complexity index is 300. The highest BCUT2D eigenvalue weighted by molar-refractivity contribution is 5.97. The number of halogens is 1. The van der Waals surface area contributed by atoms with E-state index in [0.717, 1.165) is 5.56 Å². The topological polar surface area (TPSA) is 26.3 Å². The molecular formula is C10H11FO2. The predicted molar refractivity (Wildman–Crippen MR) is 47.3 cm³/mol. The summed E-state index contributed by atoms with van der Waals surface area (Å²) in [4.78, 5) is 11.3. The quantitative estimate of drug-likeness (QED) is 0.668. The van der Waals surface area contributed by atoms with Gasteiger partial charge in [0.15, 0.2) is 5.78 Å². The van der Waals surface area contributed by atoms with Crippen molar-refractivity contribution in [3.63, 3.8) is 0 Å². The van der Waals surface area contributed by atoms with Crippen LogP contribution >= 0.6 is 0 Å². The summed E-state index contributed by atoms with van der Waals surface area (Å²) in [7, 11) is 1.43. The van der Waals surface area contributed by atoms with Gasteiger partial charge in [-0.15, -0.1) is 0 Å². The zero-order valence-corrected chi connectivity index (χ0v) is 7.63. The highest BCUT2D eigenvalue weighted by atomic mass is 19.1. The molecule has 13 heavy (non-hydrogen) atoms. The molecule has 0 aliphatic carbocycles. The molecule has 0 saturated heterocycles. The molecule has 0 radical (unpaired) electrons. The van der Waals surface area contributed by atoms with Gasteiger partial charge >= 0.3 is 0 Å². The number of ketones is 1. The molecule has 0 spiro atoms. The molecule has 0 amide bonds. The largest absolute Gasteiger partial charge is 0.377 e. The van der Waals surface area contributed by atoms with Crippen molar-refractivity contribution in [3.05, 3.63) is 35.1 Å². The lowest BCUT2D eigenvalue weighted by Crippen LogP contribution is -2.07. The molecular weight excluding hydrogens is 171 g/mol. The number of ether oxygens (including phenoxy) is 1. The Morgan fingerprint density at radius 1 is 1.46 bits per heavy atom. The van der Waals surface area contributed by atoms with Crippen LogP contribution in [0.4, 0.5) is 4.39 Å². The molecule has 1 aromatic rings. The summed E-state index contributed by atoms with van der Waals surface area (Å²) >= 11 is 0. The van der Waals surface area contributed by atoms with Gasteiger partial charge in [0.05, 0.1) is 0 Å². The van der Waals surface area contributed by atoms with Crippen LogP contribution in [0.3, 0.4) is 0 Å². The van der Waals surface area contributed by atoms with E-state index >= 15 is 0 Å². The van der Waals surface area contributed by atoms with Gasteiger partial charge in [-0.2, -0.15) is 0 Å². The summed E-state index contributed by atoms with van der Waals surface area (Å²) in [5.74, 6) is -0.593. The third-order valence-corrected chi connectivity index (χ3v) is 1.64. The van der Waals surface area contributed by atoms with E-state index in [1.165, 1.54) is 19.2 Å². The van der Waals surface area contributed by atoms with E-state index in [9.17, 15) is 9.18 Å². The maximum absolute atomic E-state index is 12.8. The van der Waals surface area contributed by atoms with Crippen LogP contribution in [-0.4, -0.2) is 19.5 Å². The first kappa shape index (κ1) is 9.86. The van der Waals surface area contributed by atoms with Crippen molar-refractivity contribution >= 4 is 5.78 Å². The second-order valence-corrected chi connectivity index (χ2v) is 2.87.